The molecule has 4 nitrogen and oxygen atoms in total. The lowest BCUT2D eigenvalue weighted by Gasteiger charge is -2.35. The Labute approximate surface area is 132 Å². The van der Waals surface area contributed by atoms with E-state index in [9.17, 15) is 0 Å². The van der Waals surface area contributed by atoms with E-state index in [4.69, 9.17) is 0 Å². The lowest BCUT2D eigenvalue weighted by Crippen LogP contribution is -2.45. The van der Waals surface area contributed by atoms with Gasteiger partial charge in [0.25, 0.3) is 0 Å². The molecule has 21 heavy (non-hydrogen) atoms. The molecule has 1 fully saturated rings. The van der Waals surface area contributed by atoms with Gasteiger partial charge in [-0.2, -0.15) is 0 Å². The molecule has 0 atom stereocenters. The smallest absolute Gasteiger partial charge is 0.191 e. The Morgan fingerprint density at radius 2 is 2.14 bits per heavy atom. The van der Waals surface area contributed by atoms with Gasteiger partial charge in [-0.15, -0.1) is 11.3 Å². The number of aromatic nitrogens is 1. The van der Waals surface area contributed by atoms with Gasteiger partial charge >= 0.3 is 0 Å². The summed E-state index contributed by atoms with van der Waals surface area (Å²) in [5.41, 5.74) is 0.507. The number of rotatable bonds is 4. The largest absolute Gasteiger partial charge is 0.354 e. The molecule has 0 bridgehead atoms. The summed E-state index contributed by atoms with van der Waals surface area (Å²) in [7, 11) is 1.83. The van der Waals surface area contributed by atoms with Crippen LogP contribution >= 0.6 is 11.3 Å². The number of nitrogens with one attached hydrogen (secondary N) is 2. The molecule has 0 spiro atoms. The van der Waals surface area contributed by atoms with E-state index in [1.807, 2.05) is 13.2 Å². The van der Waals surface area contributed by atoms with Gasteiger partial charge in [0.05, 0.1) is 6.54 Å². The highest BCUT2D eigenvalue weighted by molar-refractivity contribution is 7.11. The summed E-state index contributed by atoms with van der Waals surface area (Å²) in [6.45, 7) is 7.65. The van der Waals surface area contributed by atoms with Crippen molar-refractivity contribution in [3.63, 3.8) is 0 Å². The standard InChI is InChI=1S/C16H28N4S/c1-5-13-10-18-14(21-13)11-19-15(17-4)20-12-6-8-16(2,3)9-7-12/h10,12H,5-9,11H2,1-4H3,(H2,17,19,20). The number of nitrogens with zero attached hydrogens (tertiary/aromatic N) is 2. The third kappa shape index (κ3) is 4.99. The molecule has 1 aromatic rings. The van der Waals surface area contributed by atoms with Gasteiger partial charge in [0.1, 0.15) is 5.01 Å². The first-order valence-electron chi connectivity index (χ1n) is 7.93. The highest BCUT2D eigenvalue weighted by atomic mass is 32.1. The molecule has 0 saturated heterocycles. The van der Waals surface area contributed by atoms with Crippen LogP contribution in [0.25, 0.3) is 0 Å². The summed E-state index contributed by atoms with van der Waals surface area (Å²) < 4.78 is 0. The second-order valence-corrected chi connectivity index (χ2v) is 7.78. The van der Waals surface area contributed by atoms with Crippen molar-refractivity contribution >= 4 is 17.3 Å². The fourth-order valence-electron chi connectivity index (χ4n) is 2.68. The van der Waals surface area contributed by atoms with Gasteiger partial charge in [-0.25, -0.2) is 4.98 Å². The third-order valence-electron chi connectivity index (χ3n) is 4.26. The van der Waals surface area contributed by atoms with Crippen LogP contribution in [0.3, 0.4) is 0 Å². The molecular weight excluding hydrogens is 280 g/mol. The van der Waals surface area contributed by atoms with Crippen LogP contribution in [0.15, 0.2) is 11.2 Å². The molecule has 0 aromatic carbocycles. The number of hydrogen-bond donors (Lipinski definition) is 2. The van der Waals surface area contributed by atoms with Crippen molar-refractivity contribution in [2.45, 2.75) is 65.5 Å². The monoisotopic (exact) mass is 308 g/mol. The van der Waals surface area contributed by atoms with Crippen molar-refractivity contribution in [2.24, 2.45) is 10.4 Å². The Balaban J connectivity index is 1.78. The van der Waals surface area contributed by atoms with Crippen LogP contribution in [0.2, 0.25) is 0 Å². The van der Waals surface area contributed by atoms with Crippen LogP contribution in [0, 0.1) is 5.41 Å². The lowest BCUT2D eigenvalue weighted by molar-refractivity contribution is 0.216. The number of hydrogen-bond acceptors (Lipinski definition) is 3. The summed E-state index contributed by atoms with van der Waals surface area (Å²) >= 11 is 1.77. The van der Waals surface area contributed by atoms with Gasteiger partial charge in [0.15, 0.2) is 5.96 Å². The van der Waals surface area contributed by atoms with Gasteiger partial charge in [0.2, 0.25) is 0 Å². The highest BCUT2D eigenvalue weighted by Gasteiger charge is 2.27. The summed E-state index contributed by atoms with van der Waals surface area (Å²) in [5.74, 6) is 0.896. The van der Waals surface area contributed by atoms with Gasteiger partial charge < -0.3 is 10.6 Å². The van der Waals surface area contributed by atoms with Crippen LogP contribution in [-0.2, 0) is 13.0 Å². The fraction of sp³-hybridized carbons (Fsp3) is 0.750. The number of thiazole rings is 1. The predicted octanol–water partition coefficient (Wildman–Crippen LogP) is 3.34. The van der Waals surface area contributed by atoms with E-state index in [0.29, 0.717) is 11.5 Å². The van der Waals surface area contributed by atoms with Gasteiger partial charge in [-0.3, -0.25) is 4.99 Å². The molecule has 0 unspecified atom stereocenters. The predicted molar refractivity (Wildman–Crippen MR) is 90.9 cm³/mol. The minimum absolute atomic E-state index is 0.507. The maximum Gasteiger partial charge on any atom is 0.191 e. The normalized spacial score (nSPS) is 19.5. The Morgan fingerprint density at radius 3 is 2.71 bits per heavy atom. The topological polar surface area (TPSA) is 49.3 Å². The second-order valence-electron chi connectivity index (χ2n) is 6.58. The molecule has 1 aromatic heterocycles. The van der Waals surface area contributed by atoms with E-state index in [2.05, 4.69) is 41.4 Å². The number of aryl methyl sites for hydroxylation is 1. The van der Waals surface area contributed by atoms with Crippen LogP contribution < -0.4 is 10.6 Å². The third-order valence-corrected chi connectivity index (χ3v) is 5.40. The Bertz CT molecular complexity index is 468. The molecule has 5 heteroatoms. The molecular formula is C16H28N4S. The molecule has 1 heterocycles. The van der Waals surface area contributed by atoms with Crippen molar-refractivity contribution < 1.29 is 0 Å². The lowest BCUT2D eigenvalue weighted by atomic mass is 9.75. The summed E-state index contributed by atoms with van der Waals surface area (Å²) in [6, 6.07) is 0.548. The Hall–Kier alpha value is -1.10. The van der Waals surface area contributed by atoms with E-state index in [1.54, 1.807) is 11.3 Å². The van der Waals surface area contributed by atoms with Crippen molar-refractivity contribution in [1.82, 2.24) is 15.6 Å². The number of aliphatic imine (C=N–C) groups is 1. The quantitative estimate of drug-likeness (QED) is 0.662. The van der Waals surface area contributed by atoms with Crippen molar-refractivity contribution in [3.05, 3.63) is 16.1 Å². The van der Waals surface area contributed by atoms with E-state index in [0.717, 1.165) is 23.9 Å². The SMILES string of the molecule is CCc1cnc(CNC(=NC)NC2CCC(C)(C)CC2)s1. The Kier molecular flexibility index (Phi) is 5.62. The maximum absolute atomic E-state index is 4.43. The van der Waals surface area contributed by atoms with Crippen molar-refractivity contribution in [1.29, 1.82) is 0 Å². The average molecular weight is 308 g/mol. The molecule has 2 N–H and O–H groups in total. The van der Waals surface area contributed by atoms with Crippen LogP contribution in [-0.4, -0.2) is 24.0 Å². The number of guanidine groups is 1. The minimum Gasteiger partial charge on any atom is -0.354 e. The van der Waals surface area contributed by atoms with Crippen molar-refractivity contribution in [3.8, 4) is 0 Å². The molecule has 118 valence electrons. The van der Waals surface area contributed by atoms with E-state index in [-0.39, 0.29) is 0 Å². The zero-order valence-electron chi connectivity index (χ0n) is 13.7. The molecule has 1 aliphatic rings. The zero-order valence-corrected chi connectivity index (χ0v) is 14.5. The highest BCUT2D eigenvalue weighted by Crippen LogP contribution is 2.34. The Morgan fingerprint density at radius 1 is 1.43 bits per heavy atom. The maximum atomic E-state index is 4.43. The molecule has 0 radical (unpaired) electrons. The van der Waals surface area contributed by atoms with Crippen LogP contribution in [0.1, 0.15) is 56.3 Å². The van der Waals surface area contributed by atoms with Crippen LogP contribution in [0.4, 0.5) is 0 Å². The van der Waals surface area contributed by atoms with E-state index < -0.39 is 0 Å². The van der Waals surface area contributed by atoms with Crippen LogP contribution in [0.5, 0.6) is 0 Å². The zero-order chi connectivity index (χ0) is 15.3. The first-order valence-corrected chi connectivity index (χ1v) is 8.75. The van der Waals surface area contributed by atoms with Gasteiger partial charge in [0, 0.05) is 24.2 Å². The van der Waals surface area contributed by atoms with Gasteiger partial charge in [-0.05, 0) is 37.5 Å². The molecule has 0 amide bonds. The van der Waals surface area contributed by atoms with Crippen molar-refractivity contribution in [2.75, 3.05) is 7.05 Å². The summed E-state index contributed by atoms with van der Waals surface area (Å²) in [5, 5.41) is 8.05. The molecule has 1 saturated carbocycles. The molecule has 1 aliphatic carbocycles. The first kappa shape index (κ1) is 16.3. The van der Waals surface area contributed by atoms with E-state index in [1.165, 1.54) is 30.6 Å². The minimum atomic E-state index is 0.507. The van der Waals surface area contributed by atoms with E-state index >= 15 is 0 Å². The fourth-order valence-corrected chi connectivity index (χ4v) is 3.49. The molecule has 0 aliphatic heterocycles. The summed E-state index contributed by atoms with van der Waals surface area (Å²) in [4.78, 5) is 10.1. The average Bonchev–Trinajstić information content (AvgIpc) is 2.93. The first-order chi connectivity index (χ1) is 10.0. The summed E-state index contributed by atoms with van der Waals surface area (Å²) in [6.07, 6.45) is 8.06. The molecule has 2 rings (SSSR count). The second kappa shape index (κ2) is 7.25. The van der Waals surface area contributed by atoms with Gasteiger partial charge in [-0.1, -0.05) is 20.8 Å².